The van der Waals surface area contributed by atoms with Crippen LogP contribution in [0.25, 0.3) is 12.4 Å². The molecule has 0 atom stereocenters. The van der Waals surface area contributed by atoms with Crippen LogP contribution >= 0.6 is 0 Å². The smallest absolute Gasteiger partial charge is 0.370 e. The van der Waals surface area contributed by atoms with Crippen LogP contribution in [0.1, 0.15) is 0 Å². The van der Waals surface area contributed by atoms with Crippen molar-refractivity contribution in [3.63, 3.8) is 0 Å². The fourth-order valence-corrected chi connectivity index (χ4v) is 1.53. The molecule has 0 aromatic carbocycles. The molecule has 0 saturated heterocycles. The van der Waals surface area contributed by atoms with Gasteiger partial charge >= 0.3 is 23.3 Å². The van der Waals surface area contributed by atoms with Crippen LogP contribution in [0.5, 0.6) is 0 Å². The van der Waals surface area contributed by atoms with Gasteiger partial charge in [-0.15, -0.1) is 0 Å². The second-order valence-electron chi connectivity index (χ2n) is 4.55. The van der Waals surface area contributed by atoms with Crippen LogP contribution in [0.4, 0.5) is 0 Å². The number of nitrogens with zero attached hydrogens (tertiary/aromatic N) is 8. The monoisotopic (exact) mass is 382 g/mol. The number of esters is 2. The van der Waals surface area contributed by atoms with E-state index in [4.69, 9.17) is 4.74 Å². The summed E-state index contributed by atoms with van der Waals surface area (Å²) >= 11 is 0. The van der Waals surface area contributed by atoms with Crippen LogP contribution in [-0.4, -0.2) is 65.7 Å². The van der Waals surface area contributed by atoms with Crippen molar-refractivity contribution in [3.8, 4) is 0 Å². The highest BCUT2D eigenvalue weighted by Gasteiger charge is 2.08. The van der Waals surface area contributed by atoms with E-state index in [1.807, 2.05) is 0 Å². The molecule has 0 bridgehead atoms. The van der Waals surface area contributed by atoms with Gasteiger partial charge < -0.3 is 14.2 Å². The third kappa shape index (κ3) is 5.05. The molecule has 15 nitrogen and oxygen atoms in total. The maximum atomic E-state index is 11.9. The number of methoxy groups -OCH3 is 2. The summed E-state index contributed by atoms with van der Waals surface area (Å²) < 4.78 is 17.2. The van der Waals surface area contributed by atoms with E-state index in [-0.39, 0.29) is 13.5 Å². The summed E-state index contributed by atoms with van der Waals surface area (Å²) in [4.78, 5) is 45.8. The predicted molar refractivity (Wildman–Crippen MR) is 84.3 cm³/mol. The number of aromatic nitrogens is 8. The van der Waals surface area contributed by atoms with Crippen LogP contribution in [0, 0.1) is 0 Å². The number of hydrogen-bond acceptors (Lipinski definition) is 11. The van der Waals surface area contributed by atoms with Gasteiger partial charge in [-0.25, -0.2) is 19.2 Å². The third-order valence-electron chi connectivity index (χ3n) is 2.86. The van der Waals surface area contributed by atoms with Gasteiger partial charge in [0.2, 0.25) is 0 Å². The summed E-state index contributed by atoms with van der Waals surface area (Å²) in [6.07, 6.45) is 4.12. The first kappa shape index (κ1) is 19.4. The maximum Gasteiger partial charge on any atom is 0.370 e. The normalized spacial score (nSPS) is 11.3. The molecule has 27 heavy (non-hydrogen) atoms. The number of hydrogen-bond donors (Lipinski definition) is 0. The van der Waals surface area contributed by atoms with Crippen LogP contribution in [0.15, 0.2) is 21.7 Å². The van der Waals surface area contributed by atoms with E-state index in [0.29, 0.717) is 0 Å². The Morgan fingerprint density at radius 3 is 1.59 bits per heavy atom. The zero-order valence-electron chi connectivity index (χ0n) is 14.2. The molecule has 0 saturated carbocycles. The van der Waals surface area contributed by atoms with Crippen molar-refractivity contribution >= 4 is 24.3 Å². The highest BCUT2D eigenvalue weighted by molar-refractivity contribution is 5.85. The lowest BCUT2D eigenvalue weighted by Gasteiger charge is -2.00. The van der Waals surface area contributed by atoms with Crippen LogP contribution in [-0.2, 0) is 37.3 Å². The fourth-order valence-electron chi connectivity index (χ4n) is 1.53. The van der Waals surface area contributed by atoms with Gasteiger partial charge in [-0.1, -0.05) is 0 Å². The zero-order chi connectivity index (χ0) is 19.8. The lowest BCUT2D eigenvalue weighted by atomic mass is 10.6. The molecule has 2 heterocycles. The van der Waals surface area contributed by atoms with Gasteiger partial charge in [0.25, 0.3) is 0 Å². The highest BCUT2D eigenvalue weighted by Crippen LogP contribution is 1.86. The molecule has 15 heteroatoms. The zero-order valence-corrected chi connectivity index (χ0v) is 14.2. The maximum absolute atomic E-state index is 11.9. The summed E-state index contributed by atoms with van der Waals surface area (Å²) in [6.45, 7) is -0.690. The Hall–Kier alpha value is -3.88. The first-order valence-electron chi connectivity index (χ1n) is 7.11. The van der Waals surface area contributed by atoms with Gasteiger partial charge in [0.15, 0.2) is 0 Å². The molecular formula is C12H14N8O7. The summed E-state index contributed by atoms with van der Waals surface area (Å²) in [7, 11) is 2.37. The molecule has 0 fully saturated rings. The van der Waals surface area contributed by atoms with E-state index in [0.717, 1.165) is 43.3 Å². The highest BCUT2D eigenvalue weighted by atomic mass is 16.5. The van der Waals surface area contributed by atoms with E-state index >= 15 is 0 Å². The van der Waals surface area contributed by atoms with Crippen LogP contribution in [0.3, 0.4) is 0 Å². The summed E-state index contributed by atoms with van der Waals surface area (Å²) in [6, 6.07) is 0. The molecule has 2 aromatic heterocycles. The van der Waals surface area contributed by atoms with E-state index in [2.05, 4.69) is 30.3 Å². The summed E-state index contributed by atoms with van der Waals surface area (Å²) in [5.41, 5.74) is -1.38. The van der Waals surface area contributed by atoms with Crippen LogP contribution < -0.4 is 11.4 Å². The van der Waals surface area contributed by atoms with Crippen molar-refractivity contribution in [1.29, 1.82) is 0 Å². The third-order valence-corrected chi connectivity index (χ3v) is 2.86. The molecule has 2 rings (SSSR count). The van der Waals surface area contributed by atoms with E-state index in [9.17, 15) is 19.2 Å². The lowest BCUT2D eigenvalue weighted by molar-refractivity contribution is -0.135. The van der Waals surface area contributed by atoms with Crippen molar-refractivity contribution in [2.45, 2.75) is 13.5 Å². The topological polar surface area (TPSA) is 167 Å². The van der Waals surface area contributed by atoms with Crippen molar-refractivity contribution in [3.05, 3.63) is 33.1 Å². The van der Waals surface area contributed by atoms with E-state index < -0.39 is 23.3 Å². The van der Waals surface area contributed by atoms with Gasteiger partial charge in [0.1, 0.15) is 13.5 Å². The Kier molecular flexibility index (Phi) is 6.48. The molecule has 0 radical (unpaired) electrons. The second kappa shape index (κ2) is 8.99. The van der Waals surface area contributed by atoms with Gasteiger partial charge in [-0.2, -0.15) is 18.7 Å². The minimum atomic E-state index is -0.688. The molecule has 0 N–H and O–H groups in total. The lowest BCUT2D eigenvalue weighted by Crippen LogP contribution is -2.27. The van der Waals surface area contributed by atoms with Gasteiger partial charge in [-0.05, 0) is 20.9 Å². The minimum Gasteiger partial charge on any atom is -0.466 e. The van der Waals surface area contributed by atoms with Crippen LogP contribution in [0.2, 0.25) is 0 Å². The molecule has 0 aliphatic carbocycles. The number of tetrazole rings is 2. The average Bonchev–Trinajstić information content (AvgIpc) is 3.20. The molecule has 0 amide bonds. The van der Waals surface area contributed by atoms with E-state index in [1.165, 1.54) is 14.2 Å². The van der Waals surface area contributed by atoms with Gasteiger partial charge in [0, 0.05) is 24.6 Å². The quantitative estimate of drug-likeness (QED) is 0.339. The van der Waals surface area contributed by atoms with Gasteiger partial charge in [-0.3, -0.25) is 0 Å². The Labute approximate surface area is 149 Å². The average molecular weight is 382 g/mol. The van der Waals surface area contributed by atoms with E-state index in [1.54, 1.807) is 0 Å². The number of carbonyl (C=O) groups excluding carboxylic acids is 2. The van der Waals surface area contributed by atoms with Gasteiger partial charge in [0.05, 0.1) is 14.2 Å². The molecule has 144 valence electrons. The fraction of sp³-hybridized carbons (Fsp3) is 0.333. The summed E-state index contributed by atoms with van der Waals surface area (Å²) in [5.74, 6) is -1.34. The molecule has 0 spiro atoms. The largest absolute Gasteiger partial charge is 0.466 e. The number of rotatable bonds is 8. The Bertz CT molecular complexity index is 900. The molecular weight excluding hydrogens is 368 g/mol. The van der Waals surface area contributed by atoms with Crippen molar-refractivity contribution in [2.75, 3.05) is 14.2 Å². The molecule has 0 unspecified atom stereocenters. The van der Waals surface area contributed by atoms with Crippen molar-refractivity contribution in [1.82, 2.24) is 39.6 Å². The molecule has 2 aromatic rings. The Morgan fingerprint density at radius 2 is 1.22 bits per heavy atom. The first-order chi connectivity index (χ1) is 13.0. The first-order valence-corrected chi connectivity index (χ1v) is 7.11. The predicted octanol–water partition coefficient (Wildman–Crippen LogP) is -2.89. The van der Waals surface area contributed by atoms with Crippen molar-refractivity contribution < 1.29 is 23.8 Å². The molecule has 0 aliphatic heterocycles. The second-order valence-corrected chi connectivity index (χ2v) is 4.55. The minimum absolute atomic E-state index is 0.345. The Balaban J connectivity index is 1.96. The molecule has 0 aliphatic rings. The number of ether oxygens (including phenoxy) is 3. The standard InChI is InChI=1S/C12H14N8O7/c1-25-9(21)3-5-17-11(23)19(15-13-17)7-27-8-20-12(24)18(14-16-20)6-4-10(22)26-2/h3-6H,7-8H2,1-2H3/b5-3+,6-4+. The number of carbonyl (C=O) groups is 2. The summed E-state index contributed by atoms with van der Waals surface area (Å²) in [5, 5.41) is 14.1. The SMILES string of the molecule is COC(=O)/C=C/n1nnn(COCn2nnn(/C=C/C(=O)OC)c2=O)c1=O. The van der Waals surface area contributed by atoms with Crippen molar-refractivity contribution in [2.24, 2.45) is 0 Å². The Morgan fingerprint density at radius 1 is 0.815 bits per heavy atom.